The molecule has 1 fully saturated rings. The molecule has 4 atom stereocenters. The second-order valence-corrected chi connectivity index (χ2v) is 7.73. The Kier molecular flexibility index (Phi) is 13.8. The van der Waals surface area contributed by atoms with Crippen molar-refractivity contribution in [1.82, 2.24) is 10.9 Å². The van der Waals surface area contributed by atoms with Crippen LogP contribution in [-0.4, -0.2) is 69.3 Å². The third kappa shape index (κ3) is 10.0. The van der Waals surface area contributed by atoms with Crippen molar-refractivity contribution < 1.29 is 41.7 Å². The predicted molar refractivity (Wildman–Crippen MR) is 111 cm³/mol. The van der Waals surface area contributed by atoms with E-state index in [4.69, 9.17) is 18.9 Å². The van der Waals surface area contributed by atoms with Gasteiger partial charge >= 0.3 is 12.1 Å². The summed E-state index contributed by atoms with van der Waals surface area (Å²) in [6.07, 6.45) is -1.80. The van der Waals surface area contributed by atoms with Crippen molar-refractivity contribution in [3.8, 4) is 0 Å². The normalized spacial score (nSPS) is 23.7. The number of unbranched alkanes of at least 4 members (excludes halogenated alkanes) is 3. The minimum atomic E-state index is -5.11. The van der Waals surface area contributed by atoms with Crippen molar-refractivity contribution in [3.05, 3.63) is 0 Å². The summed E-state index contributed by atoms with van der Waals surface area (Å²) in [5.74, 6) is -4.05. The second-order valence-electron chi connectivity index (χ2n) is 7.73. The number of halogens is 3. The van der Waals surface area contributed by atoms with Gasteiger partial charge in [0.05, 0.1) is 19.1 Å². The molecule has 1 rings (SSSR count). The number of ether oxygens (including phenoxy) is 4. The first-order valence-electron chi connectivity index (χ1n) is 11.4. The molecule has 0 aromatic heterocycles. The van der Waals surface area contributed by atoms with Gasteiger partial charge in [-0.2, -0.15) is 13.2 Å². The maximum atomic E-state index is 12.6. The lowest BCUT2D eigenvalue weighted by Crippen LogP contribution is -2.60. The monoisotopic (exact) mass is 470 g/mol. The summed E-state index contributed by atoms with van der Waals surface area (Å²) in [6.45, 7) is 7.55. The van der Waals surface area contributed by atoms with Crippen LogP contribution in [0.1, 0.15) is 59.3 Å². The number of alkyl halides is 3. The first-order valence-corrected chi connectivity index (χ1v) is 11.4. The van der Waals surface area contributed by atoms with Crippen molar-refractivity contribution in [1.29, 1.82) is 0 Å². The number of hydrogen-bond acceptors (Lipinski definition) is 6. The summed E-state index contributed by atoms with van der Waals surface area (Å²) in [5, 5.41) is 0. The Morgan fingerprint density at radius 2 is 1.47 bits per heavy atom. The van der Waals surface area contributed by atoms with Crippen LogP contribution in [0.3, 0.4) is 0 Å². The van der Waals surface area contributed by atoms with Crippen LogP contribution in [0.4, 0.5) is 13.2 Å². The fraction of sp³-hybridized carbons (Fsp3) is 0.905. The Labute approximate surface area is 187 Å². The summed E-state index contributed by atoms with van der Waals surface area (Å²) < 4.78 is 60.8. The average Bonchev–Trinajstić information content (AvgIpc) is 2.75. The molecule has 0 aliphatic carbocycles. The van der Waals surface area contributed by atoms with Crippen molar-refractivity contribution in [2.24, 2.45) is 5.92 Å². The molecule has 0 saturated carbocycles. The van der Waals surface area contributed by atoms with Gasteiger partial charge in [-0.1, -0.05) is 40.0 Å². The van der Waals surface area contributed by atoms with E-state index in [0.29, 0.717) is 19.8 Å². The van der Waals surface area contributed by atoms with E-state index in [1.54, 1.807) is 0 Å². The zero-order valence-electron chi connectivity index (χ0n) is 19.2. The molecule has 1 heterocycles. The maximum absolute atomic E-state index is 12.6. The summed E-state index contributed by atoms with van der Waals surface area (Å²) in [4.78, 5) is 23.7. The van der Waals surface area contributed by atoms with Gasteiger partial charge < -0.3 is 18.9 Å². The van der Waals surface area contributed by atoms with Gasteiger partial charge in [0.25, 0.3) is 0 Å². The largest absolute Gasteiger partial charge is 0.472 e. The van der Waals surface area contributed by atoms with E-state index in [2.05, 4.69) is 6.92 Å². The molecule has 0 aromatic rings. The van der Waals surface area contributed by atoms with Gasteiger partial charge in [-0.25, -0.2) is 0 Å². The molecule has 2 N–H and O–H groups in total. The lowest BCUT2D eigenvalue weighted by Gasteiger charge is -2.41. The lowest BCUT2D eigenvalue weighted by atomic mass is 9.91. The maximum Gasteiger partial charge on any atom is 0.472 e. The van der Waals surface area contributed by atoms with Crippen molar-refractivity contribution in [2.45, 2.75) is 83.8 Å². The highest BCUT2D eigenvalue weighted by Crippen LogP contribution is 2.27. The van der Waals surface area contributed by atoms with Gasteiger partial charge in [0.2, 0.25) is 5.91 Å². The molecule has 0 unspecified atom stereocenters. The number of hydrazine groups is 1. The molecule has 11 heteroatoms. The number of carbonyl (C=O) groups excluding carboxylic acids is 2. The summed E-state index contributed by atoms with van der Waals surface area (Å²) >= 11 is 0. The second kappa shape index (κ2) is 15.4. The Hall–Kier alpha value is -1.43. The van der Waals surface area contributed by atoms with Crippen LogP contribution in [0.2, 0.25) is 0 Å². The van der Waals surface area contributed by atoms with Gasteiger partial charge in [-0.3, -0.25) is 20.4 Å². The topological polar surface area (TPSA) is 95.1 Å². The van der Waals surface area contributed by atoms with E-state index in [9.17, 15) is 22.8 Å². The van der Waals surface area contributed by atoms with Crippen LogP contribution >= 0.6 is 0 Å². The quantitative estimate of drug-likeness (QED) is 0.300. The predicted octanol–water partition coefficient (Wildman–Crippen LogP) is 2.90. The number of rotatable bonds is 14. The number of nitrogens with one attached hydrogen (secondary N) is 2. The first kappa shape index (κ1) is 28.6. The Bertz CT molecular complexity index is 550. The van der Waals surface area contributed by atoms with Crippen LogP contribution in [0, 0.1) is 5.92 Å². The standard InChI is InChI=1S/C21H37F3N2O6/c1-4-7-10-29-14-16-18(31-12-9-6-3)17(30-11-8-5-2)15(13-32-16)19(27)25-26-20(28)21(22,23)24/h15-18H,4-14H2,1-3H3,(H,25,27)(H,26,28)/t15-,16-,17-,18+/m1/s1. The highest BCUT2D eigenvalue weighted by molar-refractivity contribution is 5.86. The zero-order valence-corrected chi connectivity index (χ0v) is 19.2. The third-order valence-electron chi connectivity index (χ3n) is 5.01. The fourth-order valence-electron chi connectivity index (χ4n) is 3.09. The highest BCUT2D eigenvalue weighted by Gasteiger charge is 2.46. The molecule has 8 nitrogen and oxygen atoms in total. The molecule has 188 valence electrons. The van der Waals surface area contributed by atoms with Crippen LogP contribution in [-0.2, 0) is 28.5 Å². The average molecular weight is 471 g/mol. The van der Waals surface area contributed by atoms with Crippen LogP contribution in [0.5, 0.6) is 0 Å². The van der Waals surface area contributed by atoms with Crippen molar-refractivity contribution in [3.63, 3.8) is 0 Å². The summed E-state index contributed by atoms with van der Waals surface area (Å²) in [5.41, 5.74) is 3.23. The summed E-state index contributed by atoms with van der Waals surface area (Å²) in [7, 11) is 0. The van der Waals surface area contributed by atoms with Crippen LogP contribution in [0.25, 0.3) is 0 Å². The number of hydrogen-bond donors (Lipinski definition) is 2. The van der Waals surface area contributed by atoms with Crippen molar-refractivity contribution >= 4 is 11.8 Å². The minimum absolute atomic E-state index is 0.0973. The van der Waals surface area contributed by atoms with E-state index >= 15 is 0 Å². The van der Waals surface area contributed by atoms with E-state index < -0.39 is 42.2 Å². The summed E-state index contributed by atoms with van der Waals surface area (Å²) in [6, 6.07) is 0. The van der Waals surface area contributed by atoms with Gasteiger partial charge in [0, 0.05) is 19.8 Å². The van der Waals surface area contributed by atoms with E-state index in [1.165, 1.54) is 5.43 Å². The minimum Gasteiger partial charge on any atom is -0.379 e. The molecular weight excluding hydrogens is 433 g/mol. The van der Waals surface area contributed by atoms with Crippen LogP contribution < -0.4 is 10.9 Å². The molecular formula is C21H37F3N2O6. The highest BCUT2D eigenvalue weighted by atomic mass is 19.4. The lowest BCUT2D eigenvalue weighted by molar-refractivity contribution is -0.213. The third-order valence-corrected chi connectivity index (χ3v) is 5.01. The first-order chi connectivity index (χ1) is 15.3. The molecule has 1 aliphatic heterocycles. The van der Waals surface area contributed by atoms with Gasteiger partial charge in [-0.05, 0) is 19.3 Å². The van der Waals surface area contributed by atoms with E-state index in [0.717, 1.165) is 38.5 Å². The van der Waals surface area contributed by atoms with E-state index in [1.807, 2.05) is 19.3 Å². The van der Waals surface area contributed by atoms with Crippen LogP contribution in [0.15, 0.2) is 0 Å². The molecule has 1 saturated heterocycles. The van der Waals surface area contributed by atoms with Gasteiger partial charge in [-0.15, -0.1) is 0 Å². The molecule has 32 heavy (non-hydrogen) atoms. The van der Waals surface area contributed by atoms with E-state index in [-0.39, 0.29) is 13.2 Å². The van der Waals surface area contributed by atoms with Gasteiger partial charge in [0.15, 0.2) is 0 Å². The Morgan fingerprint density at radius 1 is 0.906 bits per heavy atom. The smallest absolute Gasteiger partial charge is 0.379 e. The molecule has 0 spiro atoms. The number of carbonyl (C=O) groups is 2. The SMILES string of the molecule is CCCCOC[C@H]1OC[C@@H](C(=O)NNC(=O)C(F)(F)F)[C@@H](OCCCC)[C@H]1OCCCC. The zero-order chi connectivity index (χ0) is 24.0. The van der Waals surface area contributed by atoms with Gasteiger partial charge in [0.1, 0.15) is 18.3 Å². The molecule has 2 amide bonds. The fourth-order valence-corrected chi connectivity index (χ4v) is 3.09. The molecule has 1 aliphatic rings. The molecule has 0 bridgehead atoms. The van der Waals surface area contributed by atoms with Crippen molar-refractivity contribution in [2.75, 3.05) is 33.0 Å². The Balaban J connectivity index is 2.92. The number of amides is 2. The molecule has 0 aromatic carbocycles. The molecule has 0 radical (unpaired) electrons. The Morgan fingerprint density at radius 3 is 2.03 bits per heavy atom.